The van der Waals surface area contributed by atoms with Gasteiger partial charge in [-0.1, -0.05) is 11.6 Å². The van der Waals surface area contributed by atoms with Gasteiger partial charge in [0.1, 0.15) is 11.6 Å². The van der Waals surface area contributed by atoms with Gasteiger partial charge < -0.3 is 15.0 Å². The highest BCUT2D eigenvalue weighted by Gasteiger charge is 2.25. The average Bonchev–Trinajstić information content (AvgIpc) is 2.74. The van der Waals surface area contributed by atoms with Crippen molar-refractivity contribution in [2.24, 2.45) is 5.92 Å². The molecule has 1 saturated heterocycles. The van der Waals surface area contributed by atoms with Gasteiger partial charge in [-0.3, -0.25) is 9.59 Å². The Bertz CT molecular complexity index is 902. The van der Waals surface area contributed by atoms with Gasteiger partial charge in [0.2, 0.25) is 0 Å². The standard InChI is InChI=1S/C23H26ClFN2O3/c1-15(2)26-22(28)17-5-8-19(9-6-17)30-14-16-4-3-11-27(13-16)23(29)18-7-10-21(25)20(24)12-18/h5-10,12,15-16H,3-4,11,13-14H2,1-2H3,(H,26,28)/t16-/m0/s1. The third-order valence-corrected chi connectivity index (χ3v) is 5.28. The van der Waals surface area contributed by atoms with Crippen LogP contribution in [0, 0.1) is 11.7 Å². The van der Waals surface area contributed by atoms with E-state index >= 15 is 0 Å². The lowest BCUT2D eigenvalue weighted by atomic mass is 9.98. The van der Waals surface area contributed by atoms with Gasteiger partial charge in [0.05, 0.1) is 11.6 Å². The summed E-state index contributed by atoms with van der Waals surface area (Å²) in [4.78, 5) is 26.5. The fourth-order valence-corrected chi connectivity index (χ4v) is 3.64. The maximum atomic E-state index is 13.4. The minimum Gasteiger partial charge on any atom is -0.493 e. The summed E-state index contributed by atoms with van der Waals surface area (Å²) in [5.74, 6) is 0.0826. The Morgan fingerprint density at radius 2 is 1.90 bits per heavy atom. The lowest BCUT2D eigenvalue weighted by molar-refractivity contribution is 0.0633. The molecule has 1 fully saturated rings. The van der Waals surface area contributed by atoms with Crippen molar-refractivity contribution in [3.8, 4) is 5.75 Å². The van der Waals surface area contributed by atoms with E-state index in [0.717, 1.165) is 12.8 Å². The van der Waals surface area contributed by atoms with Crippen molar-refractivity contribution < 1.29 is 18.7 Å². The molecule has 3 rings (SSSR count). The van der Waals surface area contributed by atoms with Crippen LogP contribution in [0.25, 0.3) is 0 Å². The fourth-order valence-electron chi connectivity index (χ4n) is 3.46. The number of nitrogens with one attached hydrogen (secondary N) is 1. The highest BCUT2D eigenvalue weighted by Crippen LogP contribution is 2.23. The van der Waals surface area contributed by atoms with Crippen LogP contribution in [0.3, 0.4) is 0 Å². The van der Waals surface area contributed by atoms with Crippen LogP contribution in [-0.2, 0) is 0 Å². The second kappa shape index (κ2) is 9.94. The molecule has 30 heavy (non-hydrogen) atoms. The Hall–Kier alpha value is -2.60. The van der Waals surface area contributed by atoms with Crippen LogP contribution in [0.5, 0.6) is 5.75 Å². The van der Waals surface area contributed by atoms with Crippen LogP contribution >= 0.6 is 11.6 Å². The minimum atomic E-state index is -0.536. The average molecular weight is 433 g/mol. The molecular formula is C23H26ClFN2O3. The number of hydrogen-bond donors (Lipinski definition) is 1. The smallest absolute Gasteiger partial charge is 0.253 e. The van der Waals surface area contributed by atoms with Crippen molar-refractivity contribution in [3.05, 3.63) is 64.4 Å². The molecule has 0 unspecified atom stereocenters. The van der Waals surface area contributed by atoms with Crippen molar-refractivity contribution in [1.82, 2.24) is 10.2 Å². The van der Waals surface area contributed by atoms with E-state index in [2.05, 4.69) is 5.32 Å². The summed E-state index contributed by atoms with van der Waals surface area (Å²) >= 11 is 5.81. The first kappa shape index (κ1) is 22.1. The summed E-state index contributed by atoms with van der Waals surface area (Å²) in [7, 11) is 0. The number of piperidine rings is 1. The largest absolute Gasteiger partial charge is 0.493 e. The van der Waals surface area contributed by atoms with Crippen molar-refractivity contribution in [3.63, 3.8) is 0 Å². The number of benzene rings is 2. The van der Waals surface area contributed by atoms with E-state index in [-0.39, 0.29) is 28.8 Å². The highest BCUT2D eigenvalue weighted by molar-refractivity contribution is 6.31. The van der Waals surface area contributed by atoms with E-state index in [1.165, 1.54) is 18.2 Å². The molecule has 2 amide bonds. The molecule has 0 aliphatic carbocycles. The first-order chi connectivity index (χ1) is 14.3. The van der Waals surface area contributed by atoms with E-state index < -0.39 is 5.82 Å². The molecule has 7 heteroatoms. The summed E-state index contributed by atoms with van der Waals surface area (Å²) in [5, 5.41) is 2.80. The van der Waals surface area contributed by atoms with E-state index in [1.54, 1.807) is 29.2 Å². The molecule has 160 valence electrons. The number of nitrogens with zero attached hydrogens (tertiary/aromatic N) is 1. The minimum absolute atomic E-state index is 0.0525. The number of rotatable bonds is 6. The van der Waals surface area contributed by atoms with Gasteiger partial charge in [-0.05, 0) is 69.2 Å². The second-order valence-electron chi connectivity index (χ2n) is 7.85. The van der Waals surface area contributed by atoms with Gasteiger partial charge in [-0.25, -0.2) is 4.39 Å². The number of carbonyl (C=O) groups is 2. The molecule has 2 aromatic rings. The Labute approximate surface area is 181 Å². The van der Waals surface area contributed by atoms with Crippen molar-refractivity contribution >= 4 is 23.4 Å². The molecule has 1 heterocycles. The predicted molar refractivity (Wildman–Crippen MR) is 115 cm³/mol. The zero-order valence-corrected chi connectivity index (χ0v) is 17.9. The maximum Gasteiger partial charge on any atom is 0.253 e. The highest BCUT2D eigenvalue weighted by atomic mass is 35.5. The van der Waals surface area contributed by atoms with Gasteiger partial charge in [0, 0.05) is 36.2 Å². The van der Waals surface area contributed by atoms with Crippen LogP contribution in [0.1, 0.15) is 47.4 Å². The topological polar surface area (TPSA) is 58.6 Å². The number of carbonyl (C=O) groups excluding carboxylic acids is 2. The third-order valence-electron chi connectivity index (χ3n) is 4.99. The Morgan fingerprint density at radius 1 is 1.20 bits per heavy atom. The molecule has 1 aliphatic heterocycles. The SMILES string of the molecule is CC(C)NC(=O)c1ccc(OC[C@H]2CCCN(C(=O)c3ccc(F)c(Cl)c3)C2)cc1. The molecule has 2 aromatic carbocycles. The number of halogens is 2. The summed E-state index contributed by atoms with van der Waals surface area (Å²) in [6.45, 7) is 5.54. The predicted octanol–water partition coefficient (Wildman–Crippen LogP) is 4.55. The monoisotopic (exact) mass is 432 g/mol. The number of hydrogen-bond acceptors (Lipinski definition) is 3. The Kier molecular flexibility index (Phi) is 7.32. The van der Waals surface area contributed by atoms with E-state index in [1.807, 2.05) is 13.8 Å². The molecule has 0 radical (unpaired) electrons. The van der Waals surface area contributed by atoms with Crippen LogP contribution in [-0.4, -0.2) is 42.5 Å². The van der Waals surface area contributed by atoms with Gasteiger partial charge in [0.25, 0.3) is 11.8 Å². The molecular weight excluding hydrogens is 407 g/mol. The van der Waals surface area contributed by atoms with Crippen LogP contribution in [0.4, 0.5) is 4.39 Å². The molecule has 0 aromatic heterocycles. The summed E-state index contributed by atoms with van der Waals surface area (Å²) in [6, 6.07) is 11.2. The van der Waals surface area contributed by atoms with Crippen molar-refractivity contribution in [2.45, 2.75) is 32.7 Å². The van der Waals surface area contributed by atoms with Crippen LogP contribution in [0.15, 0.2) is 42.5 Å². The first-order valence-electron chi connectivity index (χ1n) is 10.1. The second-order valence-corrected chi connectivity index (χ2v) is 8.26. The fraction of sp³-hybridized carbons (Fsp3) is 0.391. The number of ether oxygens (including phenoxy) is 1. The van der Waals surface area contributed by atoms with E-state index in [4.69, 9.17) is 16.3 Å². The summed E-state index contributed by atoms with van der Waals surface area (Å²) < 4.78 is 19.2. The lowest BCUT2D eigenvalue weighted by Gasteiger charge is -2.32. The first-order valence-corrected chi connectivity index (χ1v) is 10.5. The summed E-state index contributed by atoms with van der Waals surface area (Å²) in [5.41, 5.74) is 0.974. The molecule has 1 atom stereocenters. The molecule has 0 bridgehead atoms. The zero-order chi connectivity index (χ0) is 21.7. The lowest BCUT2D eigenvalue weighted by Crippen LogP contribution is -2.41. The van der Waals surface area contributed by atoms with Gasteiger partial charge >= 0.3 is 0 Å². The molecule has 5 nitrogen and oxygen atoms in total. The maximum absolute atomic E-state index is 13.4. The van der Waals surface area contributed by atoms with Crippen LogP contribution in [0.2, 0.25) is 5.02 Å². The third kappa shape index (κ3) is 5.72. The van der Waals surface area contributed by atoms with Gasteiger partial charge in [-0.2, -0.15) is 0 Å². The van der Waals surface area contributed by atoms with Crippen molar-refractivity contribution in [2.75, 3.05) is 19.7 Å². The Morgan fingerprint density at radius 3 is 2.57 bits per heavy atom. The van der Waals surface area contributed by atoms with Crippen LogP contribution < -0.4 is 10.1 Å². The summed E-state index contributed by atoms with van der Waals surface area (Å²) in [6.07, 6.45) is 1.84. The van der Waals surface area contributed by atoms with Gasteiger partial charge in [-0.15, -0.1) is 0 Å². The normalized spacial score (nSPS) is 16.4. The molecule has 0 spiro atoms. The van der Waals surface area contributed by atoms with Crippen molar-refractivity contribution in [1.29, 1.82) is 0 Å². The zero-order valence-electron chi connectivity index (χ0n) is 17.2. The molecule has 1 N–H and O–H groups in total. The molecule has 0 saturated carbocycles. The van der Waals surface area contributed by atoms with E-state index in [9.17, 15) is 14.0 Å². The Balaban J connectivity index is 1.54. The number of likely N-dealkylation sites (tertiary alicyclic amines) is 1. The number of amides is 2. The molecule has 1 aliphatic rings. The van der Waals surface area contributed by atoms with E-state index in [0.29, 0.717) is 36.6 Å². The quantitative estimate of drug-likeness (QED) is 0.728. The van der Waals surface area contributed by atoms with Gasteiger partial charge in [0.15, 0.2) is 0 Å².